The van der Waals surface area contributed by atoms with Gasteiger partial charge in [-0.3, -0.25) is 9.69 Å². The first-order valence-corrected chi connectivity index (χ1v) is 9.57. The molecule has 0 aliphatic carbocycles. The molecule has 0 aromatic heterocycles. The first kappa shape index (κ1) is 21.4. The Hall–Kier alpha value is -1.88. The quantitative estimate of drug-likeness (QED) is 0.753. The number of carbonyl (C=O) groups is 1. The smallest absolute Gasteiger partial charge is 0.238 e. The summed E-state index contributed by atoms with van der Waals surface area (Å²) in [5, 5.41) is 6.25. The molecular weight excluding hydrogens is 358 g/mol. The van der Waals surface area contributed by atoms with Crippen molar-refractivity contribution in [2.75, 3.05) is 38.5 Å². The van der Waals surface area contributed by atoms with Crippen LogP contribution in [0.5, 0.6) is 0 Å². The van der Waals surface area contributed by atoms with Crippen molar-refractivity contribution < 1.29 is 4.79 Å². The molecule has 0 bridgehead atoms. The molecule has 0 saturated carbocycles. The molecule has 2 N–H and O–H groups in total. The minimum absolute atomic E-state index is 0. The van der Waals surface area contributed by atoms with Gasteiger partial charge in [-0.05, 0) is 75.1 Å². The van der Waals surface area contributed by atoms with Crippen molar-refractivity contribution in [2.45, 2.75) is 19.3 Å². The van der Waals surface area contributed by atoms with E-state index in [0.29, 0.717) is 6.54 Å². The zero-order valence-corrected chi connectivity index (χ0v) is 16.8. The molecule has 5 heteroatoms. The molecule has 3 rings (SSSR count). The summed E-state index contributed by atoms with van der Waals surface area (Å²) in [6.07, 6.45) is 3.63. The molecule has 0 atom stereocenters. The fourth-order valence-electron chi connectivity index (χ4n) is 3.56. The molecule has 1 saturated heterocycles. The van der Waals surface area contributed by atoms with E-state index in [1.165, 1.54) is 24.8 Å². The lowest BCUT2D eigenvalue weighted by atomic mass is 9.93. The maximum absolute atomic E-state index is 12.3. The third-order valence-corrected chi connectivity index (χ3v) is 5.15. The van der Waals surface area contributed by atoms with E-state index < -0.39 is 0 Å². The topological polar surface area (TPSA) is 44.4 Å². The third kappa shape index (κ3) is 6.65. The number of likely N-dealkylation sites (tertiary alicyclic amines) is 1. The van der Waals surface area contributed by atoms with Crippen LogP contribution in [-0.4, -0.2) is 44.0 Å². The standard InChI is InChI=1S/C22H29N3O.ClH/c1-23-14-11-18-12-15-25(16-13-18)17-22(26)24-21-9-7-20(8-10-21)19-5-3-2-4-6-19;/h2-10,18,23H,11-17H2,1H3,(H,24,26);1H. The van der Waals surface area contributed by atoms with Crippen LogP contribution in [0.15, 0.2) is 54.6 Å². The Morgan fingerprint density at radius 2 is 1.63 bits per heavy atom. The van der Waals surface area contributed by atoms with Gasteiger partial charge in [0.2, 0.25) is 5.91 Å². The van der Waals surface area contributed by atoms with Gasteiger partial charge in [-0.15, -0.1) is 12.4 Å². The minimum Gasteiger partial charge on any atom is -0.325 e. The van der Waals surface area contributed by atoms with Gasteiger partial charge < -0.3 is 10.6 Å². The van der Waals surface area contributed by atoms with E-state index in [9.17, 15) is 4.79 Å². The van der Waals surface area contributed by atoms with Crippen molar-refractivity contribution in [3.63, 3.8) is 0 Å². The number of piperidine rings is 1. The van der Waals surface area contributed by atoms with Crippen molar-refractivity contribution >= 4 is 24.0 Å². The lowest BCUT2D eigenvalue weighted by molar-refractivity contribution is -0.117. The van der Waals surface area contributed by atoms with Crippen molar-refractivity contribution in [3.8, 4) is 11.1 Å². The summed E-state index contributed by atoms with van der Waals surface area (Å²) in [4.78, 5) is 14.6. The number of nitrogens with zero attached hydrogens (tertiary/aromatic N) is 1. The van der Waals surface area contributed by atoms with Crippen LogP contribution in [0, 0.1) is 5.92 Å². The third-order valence-electron chi connectivity index (χ3n) is 5.15. The number of amides is 1. The lowest BCUT2D eigenvalue weighted by Crippen LogP contribution is -2.39. The Morgan fingerprint density at radius 3 is 2.26 bits per heavy atom. The zero-order chi connectivity index (χ0) is 18.2. The minimum atomic E-state index is 0. The van der Waals surface area contributed by atoms with Crippen LogP contribution >= 0.6 is 12.4 Å². The predicted octanol–water partition coefficient (Wildman–Crippen LogP) is 4.04. The average Bonchev–Trinajstić information content (AvgIpc) is 2.69. The molecule has 1 aliphatic heterocycles. The Balaban J connectivity index is 0.00000261. The molecule has 27 heavy (non-hydrogen) atoms. The van der Waals surface area contributed by atoms with E-state index in [1.54, 1.807) is 0 Å². The second-order valence-corrected chi connectivity index (χ2v) is 7.10. The van der Waals surface area contributed by atoms with Crippen molar-refractivity contribution in [1.29, 1.82) is 0 Å². The molecule has 2 aromatic carbocycles. The van der Waals surface area contributed by atoms with Gasteiger partial charge in [0.1, 0.15) is 0 Å². The highest BCUT2D eigenvalue weighted by Crippen LogP contribution is 2.22. The Morgan fingerprint density at radius 1 is 1.00 bits per heavy atom. The molecule has 4 nitrogen and oxygen atoms in total. The van der Waals surface area contributed by atoms with Gasteiger partial charge in [0.25, 0.3) is 0 Å². The second-order valence-electron chi connectivity index (χ2n) is 7.10. The van der Waals surface area contributed by atoms with E-state index in [0.717, 1.165) is 36.8 Å². The first-order valence-electron chi connectivity index (χ1n) is 9.57. The largest absolute Gasteiger partial charge is 0.325 e. The molecule has 0 spiro atoms. The highest BCUT2D eigenvalue weighted by Gasteiger charge is 2.20. The van der Waals surface area contributed by atoms with Gasteiger partial charge >= 0.3 is 0 Å². The summed E-state index contributed by atoms with van der Waals surface area (Å²) >= 11 is 0. The number of anilines is 1. The summed E-state index contributed by atoms with van der Waals surface area (Å²) < 4.78 is 0. The predicted molar refractivity (Wildman–Crippen MR) is 115 cm³/mol. The van der Waals surface area contributed by atoms with E-state index in [2.05, 4.69) is 39.8 Å². The highest BCUT2D eigenvalue weighted by atomic mass is 35.5. The normalized spacial score (nSPS) is 15.1. The molecular formula is C22H30ClN3O. The number of hydrogen-bond acceptors (Lipinski definition) is 3. The fraction of sp³-hybridized carbons (Fsp3) is 0.409. The lowest BCUT2D eigenvalue weighted by Gasteiger charge is -2.31. The van der Waals surface area contributed by atoms with Crippen molar-refractivity contribution in [1.82, 2.24) is 10.2 Å². The zero-order valence-electron chi connectivity index (χ0n) is 16.0. The Labute approximate surface area is 168 Å². The van der Waals surface area contributed by atoms with E-state index in [4.69, 9.17) is 0 Å². The maximum Gasteiger partial charge on any atom is 0.238 e. The molecule has 1 amide bonds. The number of halogens is 1. The van der Waals surface area contributed by atoms with Crippen molar-refractivity contribution in [3.05, 3.63) is 54.6 Å². The van der Waals surface area contributed by atoms with E-state index in [1.807, 2.05) is 37.4 Å². The van der Waals surface area contributed by atoms with E-state index >= 15 is 0 Å². The van der Waals surface area contributed by atoms with Crippen LogP contribution in [0.3, 0.4) is 0 Å². The molecule has 146 valence electrons. The van der Waals surface area contributed by atoms with Gasteiger partial charge in [-0.1, -0.05) is 42.5 Å². The Kier molecular flexibility index (Phi) is 8.79. The summed E-state index contributed by atoms with van der Waals surface area (Å²) in [5.41, 5.74) is 3.21. The van der Waals surface area contributed by atoms with Gasteiger partial charge in [0, 0.05) is 5.69 Å². The monoisotopic (exact) mass is 387 g/mol. The van der Waals surface area contributed by atoms with E-state index in [-0.39, 0.29) is 18.3 Å². The van der Waals surface area contributed by atoms with Gasteiger partial charge in [-0.25, -0.2) is 0 Å². The second kappa shape index (κ2) is 11.1. The van der Waals surface area contributed by atoms with Crippen LogP contribution in [0.2, 0.25) is 0 Å². The maximum atomic E-state index is 12.3. The molecule has 0 unspecified atom stereocenters. The average molecular weight is 388 g/mol. The van der Waals surface area contributed by atoms with Crippen LogP contribution in [0.1, 0.15) is 19.3 Å². The van der Waals surface area contributed by atoms with Crippen molar-refractivity contribution in [2.24, 2.45) is 5.92 Å². The summed E-state index contributed by atoms with van der Waals surface area (Å²) in [6, 6.07) is 18.3. The first-order chi connectivity index (χ1) is 12.7. The highest BCUT2D eigenvalue weighted by molar-refractivity contribution is 5.92. The number of carbonyl (C=O) groups excluding carboxylic acids is 1. The number of rotatable bonds is 7. The van der Waals surface area contributed by atoms with Crippen LogP contribution in [0.4, 0.5) is 5.69 Å². The van der Waals surface area contributed by atoms with Gasteiger partial charge in [0.05, 0.1) is 6.54 Å². The van der Waals surface area contributed by atoms with Crippen LogP contribution < -0.4 is 10.6 Å². The fourth-order valence-corrected chi connectivity index (χ4v) is 3.56. The van der Waals surface area contributed by atoms with Crippen LogP contribution in [0.25, 0.3) is 11.1 Å². The molecule has 2 aromatic rings. The summed E-state index contributed by atoms with van der Waals surface area (Å²) in [7, 11) is 2.01. The molecule has 0 radical (unpaired) electrons. The van der Waals surface area contributed by atoms with Gasteiger partial charge in [0.15, 0.2) is 0 Å². The number of hydrogen-bond donors (Lipinski definition) is 2. The molecule has 1 aliphatic rings. The SMILES string of the molecule is CNCCC1CCN(CC(=O)Nc2ccc(-c3ccccc3)cc2)CC1.Cl. The molecule has 1 fully saturated rings. The number of nitrogens with one attached hydrogen (secondary N) is 2. The Bertz CT molecular complexity index is 682. The summed E-state index contributed by atoms with van der Waals surface area (Å²) in [5.74, 6) is 0.874. The van der Waals surface area contributed by atoms with Crippen LogP contribution in [-0.2, 0) is 4.79 Å². The number of benzene rings is 2. The summed E-state index contributed by atoms with van der Waals surface area (Å²) in [6.45, 7) is 3.62. The van der Waals surface area contributed by atoms with Gasteiger partial charge in [-0.2, -0.15) is 0 Å². The molecule has 1 heterocycles.